The van der Waals surface area contributed by atoms with Crippen molar-refractivity contribution < 1.29 is 13.2 Å². The van der Waals surface area contributed by atoms with Crippen LogP contribution >= 0.6 is 0 Å². The van der Waals surface area contributed by atoms with Gasteiger partial charge in [0.2, 0.25) is 0 Å². The van der Waals surface area contributed by atoms with E-state index in [1.54, 1.807) is 0 Å². The fraction of sp³-hybridized carbons (Fsp3) is 0.429. The first-order valence-electron chi connectivity index (χ1n) is 6.57. The van der Waals surface area contributed by atoms with Gasteiger partial charge in [-0.25, -0.2) is 9.67 Å². The Morgan fingerprint density at radius 2 is 1.90 bits per heavy atom. The molecule has 1 aliphatic rings. The second-order valence-electron chi connectivity index (χ2n) is 5.14. The Morgan fingerprint density at radius 1 is 1.20 bits per heavy atom. The Balaban J connectivity index is 1.94. The van der Waals surface area contributed by atoms with Crippen LogP contribution in [0.25, 0.3) is 11.4 Å². The smallest absolute Gasteiger partial charge is 0.249 e. The van der Waals surface area contributed by atoms with E-state index in [9.17, 15) is 13.2 Å². The summed E-state index contributed by atoms with van der Waals surface area (Å²) < 4.78 is 39.4. The molecule has 20 heavy (non-hydrogen) atoms. The summed E-state index contributed by atoms with van der Waals surface area (Å²) in [4.78, 5) is 4.46. The molecule has 1 aromatic heterocycles. The van der Waals surface area contributed by atoms with Gasteiger partial charge in [-0.2, -0.15) is 18.3 Å². The van der Waals surface area contributed by atoms with Gasteiger partial charge in [-0.3, -0.25) is 0 Å². The van der Waals surface area contributed by atoms with Crippen molar-refractivity contribution in [1.82, 2.24) is 14.8 Å². The molecule has 0 spiro atoms. The van der Waals surface area contributed by atoms with E-state index in [1.165, 1.54) is 12.1 Å². The molecular weight excluding hydrogens is 267 g/mol. The summed E-state index contributed by atoms with van der Waals surface area (Å²) in [6.07, 6.45) is -2.18. The summed E-state index contributed by atoms with van der Waals surface area (Å²) in [5, 5.41) is 4.39. The Labute approximate surface area is 114 Å². The molecule has 2 heterocycles. The van der Waals surface area contributed by atoms with Crippen LogP contribution in [-0.4, -0.2) is 14.8 Å². The molecule has 0 saturated carbocycles. The van der Waals surface area contributed by atoms with Gasteiger partial charge in [-0.15, -0.1) is 0 Å². The maximum atomic E-state index is 12.5. The van der Waals surface area contributed by atoms with Crippen LogP contribution in [0.1, 0.15) is 37.1 Å². The molecule has 2 aromatic rings. The van der Waals surface area contributed by atoms with E-state index in [0.29, 0.717) is 17.3 Å². The third-order valence-electron chi connectivity index (χ3n) is 3.62. The summed E-state index contributed by atoms with van der Waals surface area (Å²) in [5.74, 6) is 1.77. The van der Waals surface area contributed by atoms with Crippen molar-refractivity contribution >= 4 is 0 Å². The molecule has 1 unspecified atom stereocenters. The predicted molar refractivity (Wildman–Crippen MR) is 68.1 cm³/mol. The molecule has 0 saturated heterocycles. The molecule has 1 aromatic carbocycles. The Kier molecular flexibility index (Phi) is 3.03. The number of aryl methyl sites for hydroxylation is 1. The van der Waals surface area contributed by atoms with Crippen molar-refractivity contribution in [3.05, 3.63) is 35.7 Å². The monoisotopic (exact) mass is 281 g/mol. The average molecular weight is 281 g/mol. The number of nitrogens with zero attached hydrogens (tertiary/aromatic N) is 3. The number of halogens is 3. The summed E-state index contributed by atoms with van der Waals surface area (Å²) >= 11 is 0. The zero-order valence-electron chi connectivity index (χ0n) is 11.0. The maximum absolute atomic E-state index is 12.5. The number of aromatic nitrogens is 3. The number of rotatable bonds is 1. The molecule has 6 heteroatoms. The predicted octanol–water partition coefficient (Wildman–Crippen LogP) is 3.86. The highest BCUT2D eigenvalue weighted by Gasteiger charge is 2.30. The van der Waals surface area contributed by atoms with Gasteiger partial charge in [0.15, 0.2) is 5.82 Å². The minimum Gasteiger partial charge on any atom is -0.249 e. The van der Waals surface area contributed by atoms with Gasteiger partial charge in [0, 0.05) is 18.0 Å². The van der Waals surface area contributed by atoms with Crippen LogP contribution in [0.2, 0.25) is 0 Å². The molecule has 0 amide bonds. The van der Waals surface area contributed by atoms with Crippen LogP contribution in [-0.2, 0) is 12.7 Å². The number of fused-ring (bicyclic) bond motifs is 1. The molecule has 0 radical (unpaired) electrons. The second kappa shape index (κ2) is 4.61. The fourth-order valence-corrected chi connectivity index (χ4v) is 2.49. The second-order valence-corrected chi connectivity index (χ2v) is 5.14. The van der Waals surface area contributed by atoms with Gasteiger partial charge < -0.3 is 0 Å². The van der Waals surface area contributed by atoms with Crippen LogP contribution in [0.5, 0.6) is 0 Å². The van der Waals surface area contributed by atoms with Crippen molar-refractivity contribution in [3.8, 4) is 11.4 Å². The van der Waals surface area contributed by atoms with Crippen molar-refractivity contribution in [2.24, 2.45) is 0 Å². The summed E-state index contributed by atoms with van der Waals surface area (Å²) in [6, 6.07) is 4.99. The van der Waals surface area contributed by atoms with Crippen molar-refractivity contribution in [2.45, 2.75) is 38.4 Å². The van der Waals surface area contributed by atoms with Gasteiger partial charge in [0.05, 0.1) is 5.56 Å². The number of benzene rings is 1. The first-order chi connectivity index (χ1) is 9.45. The van der Waals surface area contributed by atoms with E-state index in [0.717, 1.165) is 37.3 Å². The van der Waals surface area contributed by atoms with Crippen molar-refractivity contribution in [3.63, 3.8) is 0 Å². The lowest BCUT2D eigenvalue weighted by Gasteiger charge is -2.17. The molecule has 106 valence electrons. The lowest BCUT2D eigenvalue weighted by Crippen LogP contribution is -2.14. The van der Waals surface area contributed by atoms with Gasteiger partial charge in [0.1, 0.15) is 5.82 Å². The zero-order valence-corrected chi connectivity index (χ0v) is 11.0. The summed E-state index contributed by atoms with van der Waals surface area (Å²) in [7, 11) is 0. The van der Waals surface area contributed by atoms with Crippen LogP contribution in [0, 0.1) is 0 Å². The molecule has 3 rings (SSSR count). The Bertz CT molecular complexity index is 614. The van der Waals surface area contributed by atoms with Crippen LogP contribution in [0.4, 0.5) is 13.2 Å². The van der Waals surface area contributed by atoms with Gasteiger partial charge >= 0.3 is 6.18 Å². The van der Waals surface area contributed by atoms with E-state index in [-0.39, 0.29) is 0 Å². The van der Waals surface area contributed by atoms with Gasteiger partial charge in [0.25, 0.3) is 0 Å². The van der Waals surface area contributed by atoms with E-state index in [2.05, 4.69) is 17.0 Å². The summed E-state index contributed by atoms with van der Waals surface area (Å²) in [5.41, 5.74) is -0.0364. The molecule has 3 nitrogen and oxygen atoms in total. The molecule has 0 N–H and O–H groups in total. The minimum atomic E-state index is -4.31. The van der Waals surface area contributed by atoms with E-state index >= 15 is 0 Å². The number of alkyl halides is 3. The van der Waals surface area contributed by atoms with Crippen molar-refractivity contribution in [1.29, 1.82) is 0 Å². The normalized spacial score (nSPS) is 18.9. The van der Waals surface area contributed by atoms with E-state index in [1.807, 2.05) is 4.68 Å². The van der Waals surface area contributed by atoms with Crippen LogP contribution in [0.15, 0.2) is 24.3 Å². The molecule has 1 aliphatic heterocycles. The maximum Gasteiger partial charge on any atom is 0.416 e. The SMILES string of the molecule is CC1CCCn2nc(-c3ccc(C(F)(F)F)cc3)nc21. The van der Waals surface area contributed by atoms with E-state index < -0.39 is 11.7 Å². The highest BCUT2D eigenvalue weighted by Crippen LogP contribution is 2.31. The van der Waals surface area contributed by atoms with Gasteiger partial charge in [-0.05, 0) is 25.0 Å². The minimum absolute atomic E-state index is 0.347. The Hall–Kier alpha value is -1.85. The van der Waals surface area contributed by atoms with Crippen LogP contribution < -0.4 is 0 Å². The highest BCUT2D eigenvalue weighted by molar-refractivity contribution is 5.55. The summed E-state index contributed by atoms with van der Waals surface area (Å²) in [6.45, 7) is 2.92. The first kappa shape index (κ1) is 13.1. The molecule has 0 fully saturated rings. The number of hydrogen-bond acceptors (Lipinski definition) is 2. The lowest BCUT2D eigenvalue weighted by molar-refractivity contribution is -0.137. The molecule has 1 atom stereocenters. The third kappa shape index (κ3) is 2.30. The average Bonchev–Trinajstić information content (AvgIpc) is 2.83. The molecule has 0 bridgehead atoms. The lowest BCUT2D eigenvalue weighted by atomic mass is 10.0. The van der Waals surface area contributed by atoms with Crippen LogP contribution in [0.3, 0.4) is 0 Å². The largest absolute Gasteiger partial charge is 0.416 e. The Morgan fingerprint density at radius 3 is 2.50 bits per heavy atom. The number of hydrogen-bond donors (Lipinski definition) is 0. The van der Waals surface area contributed by atoms with E-state index in [4.69, 9.17) is 0 Å². The quantitative estimate of drug-likeness (QED) is 0.794. The van der Waals surface area contributed by atoms with Crippen molar-refractivity contribution in [2.75, 3.05) is 0 Å². The first-order valence-corrected chi connectivity index (χ1v) is 6.57. The standard InChI is InChI=1S/C14H14F3N3/c1-9-3-2-8-20-13(9)18-12(19-20)10-4-6-11(7-5-10)14(15,16)17/h4-7,9H,2-3,8H2,1H3. The molecule has 0 aliphatic carbocycles. The molecular formula is C14H14F3N3. The zero-order chi connectivity index (χ0) is 14.3. The topological polar surface area (TPSA) is 30.7 Å². The third-order valence-corrected chi connectivity index (χ3v) is 3.62. The fourth-order valence-electron chi connectivity index (χ4n) is 2.49. The highest BCUT2D eigenvalue weighted by atomic mass is 19.4. The van der Waals surface area contributed by atoms with Gasteiger partial charge in [-0.1, -0.05) is 19.1 Å².